The van der Waals surface area contributed by atoms with Gasteiger partial charge < -0.3 is 9.80 Å². The van der Waals surface area contributed by atoms with E-state index in [0.29, 0.717) is 0 Å². The minimum absolute atomic E-state index is 0.803. The first-order valence-electron chi connectivity index (χ1n) is 5.21. The fourth-order valence-corrected chi connectivity index (χ4v) is 3.09. The van der Waals surface area contributed by atoms with Crippen molar-refractivity contribution in [2.45, 2.75) is 12.7 Å². The standard InChI is InChI=1S/C10H17N3S2/c1-8-9(7-14)15-10(11-8)13-5-3-12(2)4-6-13/h14H,3-7H2,1-2H3. The molecular formula is C10H17N3S2. The summed E-state index contributed by atoms with van der Waals surface area (Å²) in [6.07, 6.45) is 0. The number of thiol groups is 1. The Hall–Kier alpha value is -0.260. The van der Waals surface area contributed by atoms with Gasteiger partial charge >= 0.3 is 0 Å². The molecule has 0 saturated carbocycles. The van der Waals surface area contributed by atoms with Crippen molar-refractivity contribution in [3.8, 4) is 0 Å². The van der Waals surface area contributed by atoms with Crippen LogP contribution < -0.4 is 4.90 Å². The van der Waals surface area contributed by atoms with Gasteiger partial charge in [-0.25, -0.2) is 4.98 Å². The van der Waals surface area contributed by atoms with Crippen LogP contribution in [-0.2, 0) is 5.75 Å². The van der Waals surface area contributed by atoms with Crippen LogP contribution in [0.1, 0.15) is 10.6 Å². The third-order valence-corrected chi connectivity index (χ3v) is 4.55. The van der Waals surface area contributed by atoms with E-state index in [1.165, 1.54) is 10.0 Å². The molecule has 0 bridgehead atoms. The summed E-state index contributed by atoms with van der Waals surface area (Å²) in [6, 6.07) is 0. The quantitative estimate of drug-likeness (QED) is 0.797. The van der Waals surface area contributed by atoms with E-state index in [1.54, 1.807) is 11.3 Å². The summed E-state index contributed by atoms with van der Waals surface area (Å²) in [7, 11) is 2.17. The van der Waals surface area contributed by atoms with Crippen LogP contribution in [-0.4, -0.2) is 43.1 Å². The van der Waals surface area contributed by atoms with Crippen LogP contribution in [0.15, 0.2) is 0 Å². The maximum Gasteiger partial charge on any atom is 0.185 e. The molecular weight excluding hydrogens is 226 g/mol. The predicted molar refractivity (Wildman–Crippen MR) is 69.3 cm³/mol. The Morgan fingerprint density at radius 3 is 2.53 bits per heavy atom. The second-order valence-electron chi connectivity index (χ2n) is 3.95. The van der Waals surface area contributed by atoms with Crippen molar-refractivity contribution < 1.29 is 0 Å². The van der Waals surface area contributed by atoms with E-state index in [1.807, 2.05) is 0 Å². The predicted octanol–water partition coefficient (Wildman–Crippen LogP) is 1.63. The van der Waals surface area contributed by atoms with Gasteiger partial charge in [-0.15, -0.1) is 11.3 Å². The van der Waals surface area contributed by atoms with Gasteiger partial charge in [-0.1, -0.05) is 0 Å². The molecule has 2 heterocycles. The Kier molecular flexibility index (Phi) is 3.53. The van der Waals surface area contributed by atoms with Crippen LogP contribution in [0.25, 0.3) is 0 Å². The Labute approximate surface area is 101 Å². The number of nitrogens with zero attached hydrogens (tertiary/aromatic N) is 3. The highest BCUT2D eigenvalue weighted by Gasteiger charge is 2.17. The van der Waals surface area contributed by atoms with Crippen molar-refractivity contribution in [3.63, 3.8) is 0 Å². The van der Waals surface area contributed by atoms with Crippen molar-refractivity contribution in [3.05, 3.63) is 10.6 Å². The van der Waals surface area contributed by atoms with Gasteiger partial charge in [0, 0.05) is 36.8 Å². The number of aryl methyl sites for hydroxylation is 1. The van der Waals surface area contributed by atoms with E-state index in [2.05, 4.69) is 41.4 Å². The lowest BCUT2D eigenvalue weighted by molar-refractivity contribution is 0.312. The molecule has 84 valence electrons. The zero-order chi connectivity index (χ0) is 10.8. The highest BCUT2D eigenvalue weighted by Crippen LogP contribution is 2.27. The van der Waals surface area contributed by atoms with Crippen LogP contribution in [0.4, 0.5) is 5.13 Å². The summed E-state index contributed by atoms with van der Waals surface area (Å²) in [5.74, 6) is 0.803. The first kappa shape index (κ1) is 11.2. The van der Waals surface area contributed by atoms with Gasteiger partial charge in [0.2, 0.25) is 0 Å². The molecule has 0 amide bonds. The molecule has 0 aliphatic carbocycles. The Bertz CT molecular complexity index is 329. The molecule has 1 aromatic heterocycles. The monoisotopic (exact) mass is 243 g/mol. The van der Waals surface area contributed by atoms with Crippen LogP contribution in [0.2, 0.25) is 0 Å². The molecule has 0 aromatic carbocycles. The van der Waals surface area contributed by atoms with Crippen LogP contribution in [0.3, 0.4) is 0 Å². The molecule has 1 aromatic rings. The zero-order valence-electron chi connectivity index (χ0n) is 9.23. The Balaban J connectivity index is 2.09. The second-order valence-corrected chi connectivity index (χ2v) is 5.33. The lowest BCUT2D eigenvalue weighted by Crippen LogP contribution is -2.44. The molecule has 0 spiro atoms. The number of piperazine rings is 1. The van der Waals surface area contributed by atoms with Gasteiger partial charge in [-0.3, -0.25) is 0 Å². The van der Waals surface area contributed by atoms with E-state index in [-0.39, 0.29) is 0 Å². The lowest BCUT2D eigenvalue weighted by atomic mass is 10.3. The number of anilines is 1. The summed E-state index contributed by atoms with van der Waals surface area (Å²) in [6.45, 7) is 6.52. The average Bonchev–Trinajstić information content (AvgIpc) is 2.61. The Morgan fingerprint density at radius 1 is 1.33 bits per heavy atom. The van der Waals surface area contributed by atoms with E-state index in [4.69, 9.17) is 0 Å². The molecule has 1 aliphatic heterocycles. The fourth-order valence-electron chi connectivity index (χ4n) is 1.69. The number of thiazole rings is 1. The topological polar surface area (TPSA) is 19.4 Å². The van der Waals surface area contributed by atoms with Gasteiger partial charge in [-0.2, -0.15) is 12.6 Å². The average molecular weight is 243 g/mol. The molecule has 1 saturated heterocycles. The number of hydrogen-bond acceptors (Lipinski definition) is 5. The molecule has 1 fully saturated rings. The SMILES string of the molecule is Cc1nc(N2CCN(C)CC2)sc1CS. The second kappa shape index (κ2) is 4.72. The smallest absolute Gasteiger partial charge is 0.185 e. The van der Waals surface area contributed by atoms with Crippen molar-refractivity contribution in [1.82, 2.24) is 9.88 Å². The largest absolute Gasteiger partial charge is 0.346 e. The summed E-state index contributed by atoms with van der Waals surface area (Å²) in [5, 5.41) is 1.17. The first-order valence-corrected chi connectivity index (χ1v) is 6.66. The van der Waals surface area contributed by atoms with Gasteiger partial charge in [0.15, 0.2) is 5.13 Å². The molecule has 0 unspecified atom stereocenters. The van der Waals surface area contributed by atoms with Crippen LogP contribution >= 0.6 is 24.0 Å². The van der Waals surface area contributed by atoms with Crippen molar-refractivity contribution in [2.24, 2.45) is 0 Å². The Morgan fingerprint density at radius 2 is 2.00 bits per heavy atom. The van der Waals surface area contributed by atoms with Crippen molar-refractivity contribution in [1.29, 1.82) is 0 Å². The molecule has 0 atom stereocenters. The summed E-state index contributed by atoms with van der Waals surface area (Å²) >= 11 is 6.10. The maximum absolute atomic E-state index is 4.61. The van der Waals surface area contributed by atoms with E-state index >= 15 is 0 Å². The van der Waals surface area contributed by atoms with Gasteiger partial charge in [0.05, 0.1) is 5.69 Å². The number of hydrogen-bond donors (Lipinski definition) is 1. The fraction of sp³-hybridized carbons (Fsp3) is 0.700. The third kappa shape index (κ3) is 2.46. The summed E-state index contributed by atoms with van der Waals surface area (Å²) < 4.78 is 0. The number of aromatic nitrogens is 1. The summed E-state index contributed by atoms with van der Waals surface area (Å²) in [4.78, 5) is 10.6. The van der Waals surface area contributed by atoms with Gasteiger partial charge in [0.25, 0.3) is 0 Å². The maximum atomic E-state index is 4.61. The van der Waals surface area contributed by atoms with Crippen molar-refractivity contribution >= 4 is 29.1 Å². The molecule has 0 radical (unpaired) electrons. The van der Waals surface area contributed by atoms with Gasteiger partial charge in [0.1, 0.15) is 0 Å². The van der Waals surface area contributed by atoms with E-state index in [0.717, 1.165) is 37.6 Å². The molecule has 3 nitrogen and oxygen atoms in total. The molecule has 0 N–H and O–H groups in total. The number of likely N-dealkylation sites (N-methyl/N-ethyl adjacent to an activating group) is 1. The minimum Gasteiger partial charge on any atom is -0.346 e. The lowest BCUT2D eigenvalue weighted by Gasteiger charge is -2.32. The van der Waals surface area contributed by atoms with Crippen molar-refractivity contribution in [2.75, 3.05) is 38.1 Å². The molecule has 1 aliphatic rings. The van der Waals surface area contributed by atoms with E-state index < -0.39 is 0 Å². The first-order chi connectivity index (χ1) is 7.20. The molecule has 5 heteroatoms. The molecule has 2 rings (SSSR count). The van der Waals surface area contributed by atoms with Gasteiger partial charge in [-0.05, 0) is 14.0 Å². The zero-order valence-corrected chi connectivity index (χ0v) is 10.9. The third-order valence-electron chi connectivity index (χ3n) is 2.80. The molecule has 15 heavy (non-hydrogen) atoms. The number of rotatable bonds is 2. The highest BCUT2D eigenvalue weighted by molar-refractivity contribution is 7.79. The normalized spacial score (nSPS) is 18.5. The van der Waals surface area contributed by atoms with E-state index in [9.17, 15) is 0 Å². The van der Waals surface area contributed by atoms with Crippen LogP contribution in [0, 0.1) is 6.92 Å². The minimum atomic E-state index is 0.803. The highest BCUT2D eigenvalue weighted by atomic mass is 32.1. The summed E-state index contributed by atoms with van der Waals surface area (Å²) in [5.41, 5.74) is 1.14. The van der Waals surface area contributed by atoms with Crippen LogP contribution in [0.5, 0.6) is 0 Å².